The van der Waals surface area contributed by atoms with Gasteiger partial charge in [0.05, 0.1) is 24.5 Å². The van der Waals surface area contributed by atoms with E-state index in [2.05, 4.69) is 12.0 Å². The highest BCUT2D eigenvalue weighted by Crippen LogP contribution is 2.11. The molecule has 0 fully saturated rings. The maximum atomic E-state index is 8.57. The molecule has 0 saturated carbocycles. The zero-order valence-electron chi connectivity index (χ0n) is 7.08. The van der Waals surface area contributed by atoms with Crippen LogP contribution in [0.4, 0.5) is 0 Å². The van der Waals surface area contributed by atoms with E-state index in [1.165, 1.54) is 0 Å². The molecule has 0 saturated heterocycles. The minimum Gasteiger partial charge on any atom is -0.198 e. The van der Waals surface area contributed by atoms with E-state index < -0.39 is 0 Å². The van der Waals surface area contributed by atoms with Crippen LogP contribution in [0.3, 0.4) is 0 Å². The summed E-state index contributed by atoms with van der Waals surface area (Å²) >= 11 is 0. The SMILES string of the molecule is C#CCCCCC(C#N)CC#N. The first-order chi connectivity index (χ1) is 5.85. The quantitative estimate of drug-likeness (QED) is 0.457. The molecule has 2 heteroatoms. The fourth-order valence-electron chi connectivity index (χ4n) is 0.940. The first kappa shape index (κ1) is 10.5. The highest BCUT2D eigenvalue weighted by Gasteiger charge is 2.04. The lowest BCUT2D eigenvalue weighted by Gasteiger charge is -2.01. The second kappa shape index (κ2) is 7.64. The topological polar surface area (TPSA) is 47.6 Å². The maximum absolute atomic E-state index is 8.57. The minimum absolute atomic E-state index is 0.104. The molecule has 0 aromatic rings. The van der Waals surface area contributed by atoms with Crippen molar-refractivity contribution in [3.8, 4) is 24.5 Å². The van der Waals surface area contributed by atoms with Crippen LogP contribution in [0.5, 0.6) is 0 Å². The molecule has 0 aromatic heterocycles. The third kappa shape index (κ3) is 5.33. The molecule has 1 unspecified atom stereocenters. The predicted octanol–water partition coefficient (Wildman–Crippen LogP) is 2.23. The molecule has 62 valence electrons. The number of terminal acetylenes is 1. The third-order valence-electron chi connectivity index (χ3n) is 1.64. The van der Waals surface area contributed by atoms with Gasteiger partial charge in [-0.15, -0.1) is 12.3 Å². The van der Waals surface area contributed by atoms with Gasteiger partial charge in [0.1, 0.15) is 0 Å². The van der Waals surface area contributed by atoms with Crippen molar-refractivity contribution < 1.29 is 0 Å². The van der Waals surface area contributed by atoms with Gasteiger partial charge in [-0.2, -0.15) is 10.5 Å². The van der Waals surface area contributed by atoms with E-state index in [-0.39, 0.29) is 5.92 Å². The molecule has 2 nitrogen and oxygen atoms in total. The number of hydrogen-bond acceptors (Lipinski definition) is 2. The van der Waals surface area contributed by atoms with E-state index >= 15 is 0 Å². The fourth-order valence-corrected chi connectivity index (χ4v) is 0.940. The Hall–Kier alpha value is -1.46. The molecule has 0 bridgehead atoms. The van der Waals surface area contributed by atoms with Crippen LogP contribution in [-0.2, 0) is 0 Å². The van der Waals surface area contributed by atoms with Gasteiger partial charge in [-0.1, -0.05) is 6.42 Å². The van der Waals surface area contributed by atoms with Crippen LogP contribution >= 0.6 is 0 Å². The van der Waals surface area contributed by atoms with Gasteiger partial charge in [0.25, 0.3) is 0 Å². The van der Waals surface area contributed by atoms with Crippen LogP contribution in [0.1, 0.15) is 32.1 Å². The Balaban J connectivity index is 3.43. The summed E-state index contributed by atoms with van der Waals surface area (Å²) in [5, 5.41) is 16.9. The van der Waals surface area contributed by atoms with Crippen molar-refractivity contribution in [3.05, 3.63) is 0 Å². The Bertz CT molecular complexity index is 224. The molecule has 0 amide bonds. The molecule has 0 spiro atoms. The predicted molar refractivity (Wildman–Crippen MR) is 46.6 cm³/mol. The van der Waals surface area contributed by atoms with Crippen molar-refractivity contribution in [2.45, 2.75) is 32.1 Å². The summed E-state index contributed by atoms with van der Waals surface area (Å²) in [6, 6.07) is 4.10. The summed E-state index contributed by atoms with van der Waals surface area (Å²) < 4.78 is 0. The van der Waals surface area contributed by atoms with Gasteiger partial charge in [-0.25, -0.2) is 0 Å². The maximum Gasteiger partial charge on any atom is 0.0666 e. The zero-order chi connectivity index (χ0) is 9.23. The largest absolute Gasteiger partial charge is 0.198 e. The Morgan fingerprint density at radius 1 is 1.25 bits per heavy atom. The summed E-state index contributed by atoms with van der Waals surface area (Å²) in [6.45, 7) is 0. The zero-order valence-corrected chi connectivity index (χ0v) is 7.08. The summed E-state index contributed by atoms with van der Waals surface area (Å²) in [7, 11) is 0. The second-order valence-corrected chi connectivity index (χ2v) is 2.64. The molecule has 0 rings (SSSR count). The molecule has 0 aliphatic carbocycles. The number of unbranched alkanes of at least 4 members (excludes halogenated alkanes) is 2. The lowest BCUT2D eigenvalue weighted by molar-refractivity contribution is 0.566. The average Bonchev–Trinajstić information content (AvgIpc) is 2.10. The summed E-state index contributed by atoms with van der Waals surface area (Å²) in [5.74, 6) is 2.44. The summed E-state index contributed by atoms with van der Waals surface area (Å²) in [4.78, 5) is 0. The number of nitriles is 2. The monoisotopic (exact) mass is 160 g/mol. The van der Waals surface area contributed by atoms with Gasteiger partial charge < -0.3 is 0 Å². The molecule has 0 aliphatic rings. The van der Waals surface area contributed by atoms with Crippen molar-refractivity contribution in [2.75, 3.05) is 0 Å². The summed E-state index contributed by atoms with van der Waals surface area (Å²) in [5.41, 5.74) is 0. The van der Waals surface area contributed by atoms with E-state index in [0.29, 0.717) is 6.42 Å². The number of hydrogen-bond donors (Lipinski definition) is 0. The van der Waals surface area contributed by atoms with E-state index in [1.807, 2.05) is 6.07 Å². The van der Waals surface area contributed by atoms with Crippen LogP contribution in [-0.4, -0.2) is 0 Å². The molecule has 12 heavy (non-hydrogen) atoms. The van der Waals surface area contributed by atoms with E-state index in [9.17, 15) is 0 Å². The van der Waals surface area contributed by atoms with Crippen LogP contribution in [0.15, 0.2) is 0 Å². The molecule has 0 N–H and O–H groups in total. The van der Waals surface area contributed by atoms with Crippen molar-refractivity contribution in [1.29, 1.82) is 10.5 Å². The van der Waals surface area contributed by atoms with Gasteiger partial charge in [-0.3, -0.25) is 0 Å². The Kier molecular flexibility index (Phi) is 6.71. The molecule has 0 aromatic carbocycles. The van der Waals surface area contributed by atoms with Crippen molar-refractivity contribution in [1.82, 2.24) is 0 Å². The van der Waals surface area contributed by atoms with Crippen molar-refractivity contribution >= 4 is 0 Å². The van der Waals surface area contributed by atoms with E-state index in [1.54, 1.807) is 0 Å². The smallest absolute Gasteiger partial charge is 0.0666 e. The normalized spacial score (nSPS) is 10.8. The standard InChI is InChI=1S/C10H12N2/c1-2-3-4-5-6-10(9-12)7-8-11/h1,10H,3-7H2. The lowest BCUT2D eigenvalue weighted by atomic mass is 10.0. The molecular weight excluding hydrogens is 148 g/mol. The first-order valence-electron chi connectivity index (χ1n) is 4.05. The van der Waals surface area contributed by atoms with Gasteiger partial charge >= 0.3 is 0 Å². The van der Waals surface area contributed by atoms with Gasteiger partial charge in [-0.05, 0) is 12.8 Å². The highest BCUT2D eigenvalue weighted by atomic mass is 14.3. The van der Waals surface area contributed by atoms with Crippen LogP contribution in [0.2, 0.25) is 0 Å². The Labute approximate surface area is 73.8 Å². The van der Waals surface area contributed by atoms with Crippen LogP contribution in [0, 0.1) is 40.9 Å². The molecule has 0 heterocycles. The molecule has 1 atom stereocenters. The van der Waals surface area contributed by atoms with Gasteiger partial charge in [0.15, 0.2) is 0 Å². The lowest BCUT2D eigenvalue weighted by Crippen LogP contribution is -1.94. The van der Waals surface area contributed by atoms with Gasteiger partial charge in [0, 0.05) is 6.42 Å². The minimum atomic E-state index is -0.104. The molecular formula is C10H12N2. The van der Waals surface area contributed by atoms with Crippen molar-refractivity contribution in [3.63, 3.8) is 0 Å². The summed E-state index contributed by atoms with van der Waals surface area (Å²) in [6.07, 6.45) is 8.88. The fraction of sp³-hybridized carbons (Fsp3) is 0.600. The second-order valence-electron chi connectivity index (χ2n) is 2.64. The van der Waals surface area contributed by atoms with E-state index in [0.717, 1.165) is 25.7 Å². The number of nitrogens with zero attached hydrogens (tertiary/aromatic N) is 2. The van der Waals surface area contributed by atoms with E-state index in [4.69, 9.17) is 16.9 Å². The third-order valence-corrected chi connectivity index (χ3v) is 1.64. The first-order valence-corrected chi connectivity index (χ1v) is 4.05. The van der Waals surface area contributed by atoms with Crippen molar-refractivity contribution in [2.24, 2.45) is 5.92 Å². The average molecular weight is 160 g/mol. The Morgan fingerprint density at radius 3 is 2.50 bits per heavy atom. The van der Waals surface area contributed by atoms with Crippen LogP contribution in [0.25, 0.3) is 0 Å². The highest BCUT2D eigenvalue weighted by molar-refractivity contribution is 4.90. The number of rotatable bonds is 5. The van der Waals surface area contributed by atoms with Gasteiger partial charge in [0.2, 0.25) is 0 Å². The van der Waals surface area contributed by atoms with Crippen LogP contribution < -0.4 is 0 Å². The molecule has 0 aliphatic heterocycles. The molecule has 0 radical (unpaired) electrons. The Morgan fingerprint density at radius 2 is 2.00 bits per heavy atom.